The number of carbonyl (C=O) groups is 2. The second-order valence-corrected chi connectivity index (χ2v) is 8.94. The molecule has 0 saturated carbocycles. The Hall–Kier alpha value is -4.26. The van der Waals surface area contributed by atoms with Gasteiger partial charge in [-0.3, -0.25) is 14.3 Å². The zero-order valence-electron chi connectivity index (χ0n) is 19.9. The summed E-state index contributed by atoms with van der Waals surface area (Å²) < 4.78 is 15.2. The molecule has 1 aliphatic heterocycles. The smallest absolute Gasteiger partial charge is 0.274 e. The second kappa shape index (κ2) is 10.6. The summed E-state index contributed by atoms with van der Waals surface area (Å²) in [6, 6.07) is 27.7. The topological polar surface area (TPSA) is 58.4 Å². The fraction of sp³-hybridized carbons (Fsp3) is 0.207. The third-order valence-corrected chi connectivity index (χ3v) is 6.37. The van der Waals surface area contributed by atoms with Gasteiger partial charge in [0.25, 0.3) is 11.8 Å². The molecule has 1 aliphatic rings. The van der Waals surface area contributed by atoms with E-state index in [1.165, 1.54) is 12.1 Å². The van der Waals surface area contributed by atoms with Crippen LogP contribution in [-0.4, -0.2) is 44.5 Å². The van der Waals surface area contributed by atoms with Crippen molar-refractivity contribution in [1.29, 1.82) is 0 Å². The van der Waals surface area contributed by atoms with Crippen molar-refractivity contribution in [2.24, 2.45) is 0 Å². The van der Waals surface area contributed by atoms with Gasteiger partial charge in [0.05, 0.1) is 6.54 Å². The second-order valence-electron chi connectivity index (χ2n) is 8.94. The van der Waals surface area contributed by atoms with Crippen LogP contribution in [0.3, 0.4) is 0 Å². The molecule has 0 saturated heterocycles. The highest BCUT2D eigenvalue weighted by molar-refractivity contribution is 5.98. The van der Waals surface area contributed by atoms with Crippen LogP contribution in [0.4, 0.5) is 4.39 Å². The molecule has 2 heterocycles. The Labute approximate surface area is 209 Å². The monoisotopic (exact) mass is 482 g/mol. The molecule has 3 aromatic carbocycles. The molecule has 36 heavy (non-hydrogen) atoms. The van der Waals surface area contributed by atoms with Gasteiger partial charge >= 0.3 is 0 Å². The highest BCUT2D eigenvalue weighted by atomic mass is 19.1. The number of amides is 2. The van der Waals surface area contributed by atoms with Gasteiger partial charge in [-0.1, -0.05) is 72.8 Å². The predicted octanol–water partition coefficient (Wildman–Crippen LogP) is 4.56. The summed E-state index contributed by atoms with van der Waals surface area (Å²) in [7, 11) is 0. The van der Waals surface area contributed by atoms with Gasteiger partial charge in [0, 0.05) is 32.2 Å². The van der Waals surface area contributed by atoms with Gasteiger partial charge in [0.2, 0.25) is 0 Å². The minimum absolute atomic E-state index is 0.207. The van der Waals surface area contributed by atoms with Crippen molar-refractivity contribution in [1.82, 2.24) is 19.6 Å². The fourth-order valence-corrected chi connectivity index (χ4v) is 4.48. The van der Waals surface area contributed by atoms with Crippen LogP contribution in [0, 0.1) is 5.82 Å². The zero-order valence-corrected chi connectivity index (χ0v) is 19.9. The molecule has 0 atom stereocenters. The Morgan fingerprint density at radius 3 is 2.28 bits per heavy atom. The molecule has 182 valence electrons. The summed E-state index contributed by atoms with van der Waals surface area (Å²) in [4.78, 5) is 30.2. The first-order valence-corrected chi connectivity index (χ1v) is 12.1. The first-order valence-electron chi connectivity index (χ1n) is 12.1. The number of aromatic nitrogens is 2. The molecule has 7 heteroatoms. The summed E-state index contributed by atoms with van der Waals surface area (Å²) in [6.07, 6.45) is 0.716. The van der Waals surface area contributed by atoms with Crippen molar-refractivity contribution >= 4 is 11.8 Å². The Kier molecular flexibility index (Phi) is 6.89. The van der Waals surface area contributed by atoms with Crippen LogP contribution in [0.15, 0.2) is 91.0 Å². The molecule has 6 nitrogen and oxygen atoms in total. The number of fused-ring (bicyclic) bond motifs is 1. The van der Waals surface area contributed by atoms with Crippen LogP contribution in [0.2, 0.25) is 0 Å². The SMILES string of the molecule is O=C(c1cc2n(n1)CCN(Cc1cccc(F)c1)C2=O)N(CCc1ccccc1)Cc1ccccc1. The molecule has 2 amide bonds. The number of hydrogen-bond donors (Lipinski definition) is 0. The van der Waals surface area contributed by atoms with Crippen LogP contribution in [0.1, 0.15) is 37.7 Å². The van der Waals surface area contributed by atoms with Crippen LogP contribution in [0.5, 0.6) is 0 Å². The summed E-state index contributed by atoms with van der Waals surface area (Å²) in [5.74, 6) is -0.749. The molecule has 0 unspecified atom stereocenters. The number of nitrogens with zero attached hydrogens (tertiary/aromatic N) is 4. The van der Waals surface area contributed by atoms with Crippen LogP contribution in [-0.2, 0) is 26.1 Å². The van der Waals surface area contributed by atoms with E-state index in [4.69, 9.17) is 0 Å². The predicted molar refractivity (Wildman–Crippen MR) is 135 cm³/mol. The number of halogens is 1. The van der Waals surface area contributed by atoms with E-state index in [0.717, 1.165) is 16.7 Å². The molecule has 5 rings (SSSR count). The van der Waals surface area contributed by atoms with E-state index in [1.807, 2.05) is 60.7 Å². The molecule has 0 spiro atoms. The molecule has 0 radical (unpaired) electrons. The molecular weight excluding hydrogens is 455 g/mol. The van der Waals surface area contributed by atoms with Crippen molar-refractivity contribution < 1.29 is 14.0 Å². The van der Waals surface area contributed by atoms with Gasteiger partial charge < -0.3 is 9.80 Å². The summed E-state index contributed by atoms with van der Waals surface area (Å²) in [6.45, 7) is 2.21. The molecule has 0 aliphatic carbocycles. The third-order valence-electron chi connectivity index (χ3n) is 6.37. The fourth-order valence-electron chi connectivity index (χ4n) is 4.48. The standard InChI is InChI=1S/C29H27FN4O2/c30-25-13-7-12-24(18-25)21-33-16-17-34-27(29(33)36)19-26(31-34)28(35)32(20-23-10-5-2-6-11-23)15-14-22-8-3-1-4-9-22/h1-13,18-19H,14-17,20-21H2. The van der Waals surface area contributed by atoms with E-state index >= 15 is 0 Å². The Morgan fingerprint density at radius 2 is 1.56 bits per heavy atom. The van der Waals surface area contributed by atoms with Crippen LogP contribution < -0.4 is 0 Å². The number of rotatable bonds is 8. The maximum atomic E-state index is 13.6. The van der Waals surface area contributed by atoms with Gasteiger partial charge in [0.1, 0.15) is 11.5 Å². The summed E-state index contributed by atoms with van der Waals surface area (Å²) in [5, 5.41) is 4.49. The van der Waals surface area contributed by atoms with E-state index in [0.29, 0.717) is 44.8 Å². The average Bonchev–Trinajstić information content (AvgIpc) is 3.34. The largest absolute Gasteiger partial charge is 0.333 e. The first kappa shape index (κ1) is 23.5. The quantitative estimate of drug-likeness (QED) is 0.370. The first-order chi connectivity index (χ1) is 17.6. The molecule has 0 fully saturated rings. The normalized spacial score (nSPS) is 12.9. The average molecular weight is 483 g/mol. The maximum Gasteiger partial charge on any atom is 0.274 e. The van der Waals surface area contributed by atoms with Crippen LogP contribution >= 0.6 is 0 Å². The van der Waals surface area contributed by atoms with Crippen molar-refractivity contribution in [2.45, 2.75) is 26.1 Å². The van der Waals surface area contributed by atoms with Crippen molar-refractivity contribution in [3.8, 4) is 0 Å². The van der Waals surface area contributed by atoms with Crippen molar-refractivity contribution in [3.05, 3.63) is 125 Å². The van der Waals surface area contributed by atoms with E-state index in [1.54, 1.807) is 32.7 Å². The number of carbonyl (C=O) groups excluding carboxylic acids is 2. The molecule has 0 bridgehead atoms. The van der Waals surface area contributed by atoms with E-state index in [9.17, 15) is 14.0 Å². The van der Waals surface area contributed by atoms with E-state index < -0.39 is 0 Å². The van der Waals surface area contributed by atoms with Gasteiger partial charge in [0.15, 0.2) is 5.69 Å². The molecule has 1 aromatic heterocycles. The van der Waals surface area contributed by atoms with Crippen LogP contribution in [0.25, 0.3) is 0 Å². The highest BCUT2D eigenvalue weighted by Crippen LogP contribution is 2.19. The minimum atomic E-state index is -0.330. The molecule has 0 N–H and O–H groups in total. The number of hydrogen-bond acceptors (Lipinski definition) is 3. The Bertz CT molecular complexity index is 1350. The summed E-state index contributed by atoms with van der Waals surface area (Å²) in [5.41, 5.74) is 3.54. The Morgan fingerprint density at radius 1 is 0.861 bits per heavy atom. The van der Waals surface area contributed by atoms with E-state index in [-0.39, 0.29) is 23.3 Å². The number of benzene rings is 3. The Balaban J connectivity index is 1.34. The lowest BCUT2D eigenvalue weighted by atomic mass is 10.1. The van der Waals surface area contributed by atoms with Crippen molar-refractivity contribution in [2.75, 3.05) is 13.1 Å². The lowest BCUT2D eigenvalue weighted by Gasteiger charge is -2.27. The minimum Gasteiger partial charge on any atom is -0.333 e. The van der Waals surface area contributed by atoms with Gasteiger partial charge in [-0.05, 0) is 35.2 Å². The van der Waals surface area contributed by atoms with Gasteiger partial charge in [-0.25, -0.2) is 4.39 Å². The highest BCUT2D eigenvalue weighted by Gasteiger charge is 2.29. The van der Waals surface area contributed by atoms with Gasteiger partial charge in [-0.2, -0.15) is 5.10 Å². The van der Waals surface area contributed by atoms with Crippen molar-refractivity contribution in [3.63, 3.8) is 0 Å². The zero-order chi connectivity index (χ0) is 24.9. The van der Waals surface area contributed by atoms with E-state index in [2.05, 4.69) is 5.10 Å². The lowest BCUT2D eigenvalue weighted by Crippen LogP contribution is -2.39. The maximum absolute atomic E-state index is 13.6. The van der Waals surface area contributed by atoms with Gasteiger partial charge in [-0.15, -0.1) is 0 Å². The summed E-state index contributed by atoms with van der Waals surface area (Å²) >= 11 is 0. The molecule has 4 aromatic rings. The third kappa shape index (κ3) is 5.35. The lowest BCUT2D eigenvalue weighted by molar-refractivity contribution is 0.0680. The molecular formula is C29H27FN4O2.